The van der Waals surface area contributed by atoms with Crippen LogP contribution in [0.2, 0.25) is 0 Å². The van der Waals surface area contributed by atoms with Gasteiger partial charge in [-0.15, -0.1) is 6.42 Å². The summed E-state index contributed by atoms with van der Waals surface area (Å²) in [5.74, 6) is 2.35. The third-order valence-corrected chi connectivity index (χ3v) is 1.78. The van der Waals surface area contributed by atoms with Crippen LogP contribution in [-0.2, 0) is 11.2 Å². The molecule has 0 aliphatic rings. The lowest BCUT2D eigenvalue weighted by atomic mass is 10.3. The van der Waals surface area contributed by atoms with E-state index < -0.39 is 0 Å². The molecule has 1 aromatic heterocycles. The van der Waals surface area contributed by atoms with E-state index in [4.69, 9.17) is 6.42 Å². The first kappa shape index (κ1) is 11.3. The molecule has 1 amide bonds. The highest BCUT2D eigenvalue weighted by Gasteiger charge is 1.99. The number of carbonyl (C=O) groups is 1. The summed E-state index contributed by atoms with van der Waals surface area (Å²) in [5.41, 5.74) is 1.01. The lowest BCUT2D eigenvalue weighted by Crippen LogP contribution is -2.35. The lowest BCUT2D eigenvalue weighted by molar-refractivity contribution is -0.120. The summed E-state index contributed by atoms with van der Waals surface area (Å²) in [4.78, 5) is 18.0. The molecule has 0 saturated heterocycles. The first-order chi connectivity index (χ1) is 7.33. The van der Waals surface area contributed by atoms with Crippen molar-refractivity contribution >= 4 is 5.91 Å². The first-order valence-corrected chi connectivity index (χ1v) is 4.71. The van der Waals surface area contributed by atoms with Gasteiger partial charge in [0.15, 0.2) is 0 Å². The van der Waals surface area contributed by atoms with Crippen LogP contribution in [0, 0.1) is 12.3 Å². The Morgan fingerprint density at radius 3 is 3.20 bits per heavy atom. The lowest BCUT2D eigenvalue weighted by Gasteiger charge is -2.03. The van der Waals surface area contributed by atoms with Crippen LogP contribution in [0.25, 0.3) is 0 Å². The number of carbonyl (C=O) groups excluding carboxylic acids is 1. The Bertz CT molecular complexity index is 326. The van der Waals surface area contributed by atoms with Gasteiger partial charge in [0, 0.05) is 24.9 Å². The Morgan fingerprint density at radius 1 is 1.67 bits per heavy atom. The van der Waals surface area contributed by atoms with E-state index in [1.165, 1.54) is 0 Å². The van der Waals surface area contributed by atoms with Crippen molar-refractivity contribution in [3.63, 3.8) is 0 Å². The standard InChI is InChI=1S/C10H14N4O/c1-2-4-11-7-10(15)13-5-3-9-6-12-8-14-9/h1,6,8,11H,3-5,7H2,(H,12,14)(H,13,15). The molecule has 0 aliphatic heterocycles. The van der Waals surface area contributed by atoms with Crippen LogP contribution in [0.3, 0.4) is 0 Å². The maximum atomic E-state index is 11.2. The van der Waals surface area contributed by atoms with E-state index in [0.717, 1.165) is 12.1 Å². The molecule has 3 N–H and O–H groups in total. The number of aromatic amines is 1. The Labute approximate surface area is 88.7 Å². The van der Waals surface area contributed by atoms with E-state index in [9.17, 15) is 4.79 Å². The fourth-order valence-corrected chi connectivity index (χ4v) is 1.07. The van der Waals surface area contributed by atoms with Gasteiger partial charge in [-0.3, -0.25) is 10.1 Å². The third kappa shape index (κ3) is 4.84. The van der Waals surface area contributed by atoms with E-state index >= 15 is 0 Å². The molecule has 0 aromatic carbocycles. The molecular formula is C10H14N4O. The molecule has 0 spiro atoms. The van der Waals surface area contributed by atoms with Crippen molar-refractivity contribution in [3.05, 3.63) is 18.2 Å². The number of nitrogens with one attached hydrogen (secondary N) is 3. The molecule has 5 nitrogen and oxygen atoms in total. The summed E-state index contributed by atoms with van der Waals surface area (Å²) in [7, 11) is 0. The number of rotatable bonds is 6. The number of imidazole rings is 1. The molecule has 0 bridgehead atoms. The molecule has 0 radical (unpaired) electrons. The highest BCUT2D eigenvalue weighted by Crippen LogP contribution is 1.89. The zero-order chi connectivity index (χ0) is 10.9. The number of nitrogens with zero attached hydrogens (tertiary/aromatic N) is 1. The molecule has 1 heterocycles. The predicted octanol–water partition coefficient (Wildman–Crippen LogP) is -0.709. The van der Waals surface area contributed by atoms with Gasteiger partial charge in [-0.1, -0.05) is 5.92 Å². The Morgan fingerprint density at radius 2 is 2.53 bits per heavy atom. The van der Waals surface area contributed by atoms with Crippen LogP contribution >= 0.6 is 0 Å². The second kappa shape index (κ2) is 6.62. The number of hydrogen-bond donors (Lipinski definition) is 3. The van der Waals surface area contributed by atoms with Gasteiger partial charge in [0.25, 0.3) is 0 Å². The summed E-state index contributed by atoms with van der Waals surface area (Å²) >= 11 is 0. The van der Waals surface area contributed by atoms with Crippen LogP contribution in [-0.4, -0.2) is 35.5 Å². The molecule has 0 unspecified atom stereocenters. The van der Waals surface area contributed by atoms with Gasteiger partial charge < -0.3 is 10.3 Å². The number of terminal acetylenes is 1. The Kier molecular flexibility index (Phi) is 4.98. The quantitative estimate of drug-likeness (QED) is 0.425. The predicted molar refractivity (Wildman–Crippen MR) is 57.0 cm³/mol. The van der Waals surface area contributed by atoms with E-state index in [1.54, 1.807) is 12.5 Å². The zero-order valence-corrected chi connectivity index (χ0v) is 8.42. The van der Waals surface area contributed by atoms with Crippen molar-refractivity contribution in [2.24, 2.45) is 0 Å². The van der Waals surface area contributed by atoms with E-state index in [0.29, 0.717) is 13.1 Å². The SMILES string of the molecule is C#CCNCC(=O)NCCc1cnc[nH]1. The largest absolute Gasteiger partial charge is 0.355 e. The van der Waals surface area contributed by atoms with Crippen molar-refractivity contribution in [1.29, 1.82) is 0 Å². The Balaban J connectivity index is 2.05. The van der Waals surface area contributed by atoms with E-state index in [-0.39, 0.29) is 12.5 Å². The smallest absolute Gasteiger partial charge is 0.233 e. The van der Waals surface area contributed by atoms with Crippen molar-refractivity contribution in [2.75, 3.05) is 19.6 Å². The summed E-state index contributed by atoms with van der Waals surface area (Å²) in [5, 5.41) is 5.57. The summed E-state index contributed by atoms with van der Waals surface area (Å²) in [6.45, 7) is 1.26. The normalized spacial score (nSPS) is 9.53. The summed E-state index contributed by atoms with van der Waals surface area (Å²) in [6.07, 6.45) is 9.13. The van der Waals surface area contributed by atoms with Gasteiger partial charge in [0.2, 0.25) is 5.91 Å². The fraction of sp³-hybridized carbons (Fsp3) is 0.400. The number of H-pyrrole nitrogens is 1. The molecule has 1 rings (SSSR count). The molecule has 0 aliphatic carbocycles. The maximum absolute atomic E-state index is 11.2. The van der Waals surface area contributed by atoms with Crippen LogP contribution in [0.5, 0.6) is 0 Å². The zero-order valence-electron chi connectivity index (χ0n) is 8.42. The monoisotopic (exact) mass is 206 g/mol. The first-order valence-electron chi connectivity index (χ1n) is 4.71. The fourth-order valence-electron chi connectivity index (χ4n) is 1.07. The second-order valence-electron chi connectivity index (χ2n) is 2.98. The van der Waals surface area contributed by atoms with E-state index in [1.807, 2.05) is 0 Å². The topological polar surface area (TPSA) is 69.8 Å². The minimum Gasteiger partial charge on any atom is -0.355 e. The molecule has 5 heteroatoms. The van der Waals surface area contributed by atoms with Crippen LogP contribution in [0.4, 0.5) is 0 Å². The third-order valence-electron chi connectivity index (χ3n) is 1.78. The van der Waals surface area contributed by atoms with Crippen molar-refractivity contribution < 1.29 is 4.79 Å². The molecule has 0 atom stereocenters. The maximum Gasteiger partial charge on any atom is 0.233 e. The minimum atomic E-state index is -0.0511. The van der Waals surface area contributed by atoms with Gasteiger partial charge in [-0.25, -0.2) is 4.98 Å². The average Bonchev–Trinajstić information content (AvgIpc) is 2.71. The molecule has 0 fully saturated rings. The van der Waals surface area contributed by atoms with Gasteiger partial charge in [0.05, 0.1) is 19.4 Å². The molecule has 80 valence electrons. The molecule has 15 heavy (non-hydrogen) atoms. The van der Waals surface area contributed by atoms with Crippen LogP contribution in [0.1, 0.15) is 5.69 Å². The Hall–Kier alpha value is -1.80. The minimum absolute atomic E-state index is 0.0511. The van der Waals surface area contributed by atoms with Crippen LogP contribution < -0.4 is 10.6 Å². The summed E-state index contributed by atoms with van der Waals surface area (Å²) < 4.78 is 0. The van der Waals surface area contributed by atoms with E-state index in [2.05, 4.69) is 26.5 Å². The van der Waals surface area contributed by atoms with Gasteiger partial charge in [0.1, 0.15) is 0 Å². The van der Waals surface area contributed by atoms with Gasteiger partial charge >= 0.3 is 0 Å². The van der Waals surface area contributed by atoms with Crippen molar-refractivity contribution in [3.8, 4) is 12.3 Å². The number of hydrogen-bond acceptors (Lipinski definition) is 3. The highest BCUT2D eigenvalue weighted by molar-refractivity contribution is 5.77. The summed E-state index contributed by atoms with van der Waals surface area (Å²) in [6, 6.07) is 0. The van der Waals surface area contributed by atoms with Gasteiger partial charge in [-0.2, -0.15) is 0 Å². The molecule has 0 saturated carbocycles. The molecule has 1 aromatic rings. The second-order valence-corrected chi connectivity index (χ2v) is 2.98. The average molecular weight is 206 g/mol. The van der Waals surface area contributed by atoms with Crippen LogP contribution in [0.15, 0.2) is 12.5 Å². The molecular weight excluding hydrogens is 192 g/mol. The highest BCUT2D eigenvalue weighted by atomic mass is 16.1. The van der Waals surface area contributed by atoms with Crippen molar-refractivity contribution in [1.82, 2.24) is 20.6 Å². The number of aromatic nitrogens is 2. The van der Waals surface area contributed by atoms with Crippen molar-refractivity contribution in [2.45, 2.75) is 6.42 Å². The number of amides is 1. The van der Waals surface area contributed by atoms with Gasteiger partial charge in [-0.05, 0) is 0 Å².